The second kappa shape index (κ2) is 6.77. The van der Waals surface area contributed by atoms with Crippen molar-refractivity contribution in [2.75, 3.05) is 19.7 Å². The maximum Gasteiger partial charge on any atom is 0.119 e. The van der Waals surface area contributed by atoms with Crippen LogP contribution in [0.4, 0.5) is 0 Å². The van der Waals surface area contributed by atoms with E-state index in [9.17, 15) is 0 Å². The van der Waals surface area contributed by atoms with E-state index in [4.69, 9.17) is 4.74 Å². The molecule has 0 aromatic heterocycles. The smallest absolute Gasteiger partial charge is 0.119 e. The van der Waals surface area contributed by atoms with Crippen molar-refractivity contribution >= 4 is 12.4 Å². The van der Waals surface area contributed by atoms with Gasteiger partial charge in [-0.15, -0.1) is 12.4 Å². The lowest BCUT2D eigenvalue weighted by Gasteiger charge is -2.23. The van der Waals surface area contributed by atoms with Crippen LogP contribution in [0.5, 0.6) is 5.75 Å². The van der Waals surface area contributed by atoms with E-state index in [0.29, 0.717) is 5.92 Å². The summed E-state index contributed by atoms with van der Waals surface area (Å²) in [5, 5.41) is 3.39. The highest BCUT2D eigenvalue weighted by Crippen LogP contribution is 2.27. The third kappa shape index (κ3) is 3.39. The standard InChI is InChI=1S/C13H19NO.ClH/c1-2-15-13-5-3-4-12(10-13)11-6-8-14-9-7-11;/h3-5,10-11,14H,2,6-9H2,1H3;1H. The van der Waals surface area contributed by atoms with E-state index < -0.39 is 0 Å². The summed E-state index contributed by atoms with van der Waals surface area (Å²) in [5.74, 6) is 1.72. The molecule has 0 saturated carbocycles. The first-order chi connectivity index (χ1) is 7.40. The van der Waals surface area contributed by atoms with E-state index in [1.54, 1.807) is 0 Å². The number of hydrogen-bond donors (Lipinski definition) is 1. The molecule has 2 nitrogen and oxygen atoms in total. The SMILES string of the molecule is CCOc1cccc(C2CCNCC2)c1.Cl. The molecule has 1 N–H and O–H groups in total. The molecule has 16 heavy (non-hydrogen) atoms. The van der Waals surface area contributed by atoms with E-state index in [-0.39, 0.29) is 12.4 Å². The van der Waals surface area contributed by atoms with Gasteiger partial charge >= 0.3 is 0 Å². The first kappa shape index (κ1) is 13.3. The molecule has 0 unspecified atom stereocenters. The summed E-state index contributed by atoms with van der Waals surface area (Å²) in [4.78, 5) is 0. The molecule has 1 heterocycles. The second-order valence-electron chi connectivity index (χ2n) is 4.03. The van der Waals surface area contributed by atoms with Crippen LogP contribution in [-0.2, 0) is 0 Å². The number of hydrogen-bond acceptors (Lipinski definition) is 2. The van der Waals surface area contributed by atoms with Crippen LogP contribution in [0.2, 0.25) is 0 Å². The third-order valence-electron chi connectivity index (χ3n) is 2.98. The molecule has 90 valence electrons. The van der Waals surface area contributed by atoms with E-state index in [2.05, 4.69) is 23.5 Å². The largest absolute Gasteiger partial charge is 0.494 e. The number of rotatable bonds is 3. The molecule has 0 spiro atoms. The van der Waals surface area contributed by atoms with Crippen LogP contribution >= 0.6 is 12.4 Å². The molecule has 1 aliphatic heterocycles. The summed E-state index contributed by atoms with van der Waals surface area (Å²) >= 11 is 0. The Morgan fingerprint density at radius 1 is 1.31 bits per heavy atom. The normalized spacial score (nSPS) is 16.6. The number of halogens is 1. The molecule has 1 aliphatic rings. The lowest BCUT2D eigenvalue weighted by molar-refractivity contribution is 0.339. The van der Waals surface area contributed by atoms with Crippen molar-refractivity contribution in [3.8, 4) is 5.75 Å². The molecular formula is C13H20ClNO. The maximum absolute atomic E-state index is 5.52. The quantitative estimate of drug-likeness (QED) is 0.879. The van der Waals surface area contributed by atoms with Gasteiger partial charge in [0.1, 0.15) is 5.75 Å². The molecule has 1 aromatic rings. The van der Waals surface area contributed by atoms with E-state index in [1.165, 1.54) is 18.4 Å². The summed E-state index contributed by atoms with van der Waals surface area (Å²) in [7, 11) is 0. The highest BCUT2D eigenvalue weighted by molar-refractivity contribution is 5.85. The molecule has 1 aromatic carbocycles. The molecule has 1 saturated heterocycles. The van der Waals surface area contributed by atoms with Crippen molar-refractivity contribution in [2.24, 2.45) is 0 Å². The summed E-state index contributed by atoms with van der Waals surface area (Å²) in [5.41, 5.74) is 1.43. The fourth-order valence-corrected chi connectivity index (χ4v) is 2.18. The monoisotopic (exact) mass is 241 g/mol. The molecule has 0 aliphatic carbocycles. The van der Waals surface area contributed by atoms with Crippen LogP contribution in [0.1, 0.15) is 31.2 Å². The van der Waals surface area contributed by atoms with Gasteiger partial charge in [0.05, 0.1) is 6.61 Å². The van der Waals surface area contributed by atoms with Gasteiger partial charge in [-0.25, -0.2) is 0 Å². The minimum Gasteiger partial charge on any atom is -0.494 e. The Labute approximate surface area is 104 Å². The molecule has 1 fully saturated rings. The van der Waals surface area contributed by atoms with Gasteiger partial charge in [-0.3, -0.25) is 0 Å². The Hall–Kier alpha value is -0.730. The van der Waals surface area contributed by atoms with Gasteiger partial charge in [0.15, 0.2) is 0 Å². The highest BCUT2D eigenvalue weighted by atomic mass is 35.5. The van der Waals surface area contributed by atoms with Crippen LogP contribution in [-0.4, -0.2) is 19.7 Å². The van der Waals surface area contributed by atoms with Crippen LogP contribution < -0.4 is 10.1 Å². The zero-order valence-corrected chi connectivity index (χ0v) is 10.6. The average Bonchev–Trinajstić information content (AvgIpc) is 2.31. The van der Waals surface area contributed by atoms with Gasteiger partial charge in [0.25, 0.3) is 0 Å². The van der Waals surface area contributed by atoms with Crippen LogP contribution in [0.25, 0.3) is 0 Å². The number of ether oxygens (including phenoxy) is 1. The minimum atomic E-state index is 0. The van der Waals surface area contributed by atoms with Gasteiger partial charge in [-0.1, -0.05) is 12.1 Å². The summed E-state index contributed by atoms with van der Waals surface area (Å²) in [6.45, 7) is 5.06. The Balaban J connectivity index is 0.00000128. The molecule has 2 rings (SSSR count). The van der Waals surface area contributed by atoms with E-state index in [0.717, 1.165) is 25.4 Å². The van der Waals surface area contributed by atoms with Gasteiger partial charge in [-0.2, -0.15) is 0 Å². The topological polar surface area (TPSA) is 21.3 Å². The summed E-state index contributed by atoms with van der Waals surface area (Å²) < 4.78 is 5.52. The van der Waals surface area contributed by atoms with Gasteiger partial charge in [0, 0.05) is 0 Å². The molecule has 0 radical (unpaired) electrons. The second-order valence-corrected chi connectivity index (χ2v) is 4.03. The van der Waals surface area contributed by atoms with Crippen LogP contribution in [0.3, 0.4) is 0 Å². The molecule has 0 amide bonds. The molecule has 3 heteroatoms. The van der Waals surface area contributed by atoms with Crippen molar-refractivity contribution in [3.63, 3.8) is 0 Å². The van der Waals surface area contributed by atoms with E-state index in [1.807, 2.05) is 13.0 Å². The first-order valence-electron chi connectivity index (χ1n) is 5.83. The van der Waals surface area contributed by atoms with Gasteiger partial charge in [-0.05, 0) is 56.5 Å². The van der Waals surface area contributed by atoms with Crippen molar-refractivity contribution in [1.82, 2.24) is 5.32 Å². The first-order valence-corrected chi connectivity index (χ1v) is 5.83. The summed E-state index contributed by atoms with van der Waals surface area (Å²) in [6, 6.07) is 8.55. The number of nitrogens with one attached hydrogen (secondary N) is 1. The van der Waals surface area contributed by atoms with Crippen LogP contribution in [0.15, 0.2) is 24.3 Å². The summed E-state index contributed by atoms with van der Waals surface area (Å²) in [6.07, 6.45) is 2.49. The molecule has 0 bridgehead atoms. The minimum absolute atomic E-state index is 0. The fourth-order valence-electron chi connectivity index (χ4n) is 2.18. The highest BCUT2D eigenvalue weighted by Gasteiger charge is 2.15. The lowest BCUT2D eigenvalue weighted by atomic mass is 9.90. The van der Waals surface area contributed by atoms with Gasteiger partial charge < -0.3 is 10.1 Å². The Morgan fingerprint density at radius 3 is 2.75 bits per heavy atom. The Morgan fingerprint density at radius 2 is 2.06 bits per heavy atom. The van der Waals surface area contributed by atoms with Crippen molar-refractivity contribution in [3.05, 3.63) is 29.8 Å². The maximum atomic E-state index is 5.52. The van der Waals surface area contributed by atoms with Crippen molar-refractivity contribution < 1.29 is 4.74 Å². The zero-order chi connectivity index (χ0) is 10.5. The van der Waals surface area contributed by atoms with Crippen molar-refractivity contribution in [1.29, 1.82) is 0 Å². The van der Waals surface area contributed by atoms with E-state index >= 15 is 0 Å². The molecule has 0 atom stereocenters. The third-order valence-corrected chi connectivity index (χ3v) is 2.98. The number of piperidine rings is 1. The Kier molecular flexibility index (Phi) is 5.64. The predicted molar refractivity (Wildman–Crippen MR) is 69.7 cm³/mol. The fraction of sp³-hybridized carbons (Fsp3) is 0.538. The van der Waals surface area contributed by atoms with Crippen LogP contribution in [0, 0.1) is 0 Å². The predicted octanol–water partition coefficient (Wildman–Crippen LogP) is 2.97. The average molecular weight is 242 g/mol. The lowest BCUT2D eigenvalue weighted by Crippen LogP contribution is -2.26. The van der Waals surface area contributed by atoms with Gasteiger partial charge in [0.2, 0.25) is 0 Å². The Bertz CT molecular complexity index is 311. The van der Waals surface area contributed by atoms with Crippen molar-refractivity contribution in [2.45, 2.75) is 25.7 Å². The molecular weight excluding hydrogens is 222 g/mol. The number of benzene rings is 1. The zero-order valence-electron chi connectivity index (χ0n) is 9.74.